The summed E-state index contributed by atoms with van der Waals surface area (Å²) < 4.78 is 1.79. The molecule has 170 valence electrons. The molecule has 0 unspecified atom stereocenters. The number of carbonyl (C=O) groups is 2. The molecule has 1 amide bonds. The number of anilines is 1. The predicted octanol–water partition coefficient (Wildman–Crippen LogP) is 5.77. The number of aromatic nitrogens is 2. The Morgan fingerprint density at radius 1 is 0.912 bits per heavy atom. The fraction of sp³-hybridized carbons (Fsp3) is 0.207. The van der Waals surface area contributed by atoms with E-state index < -0.39 is 5.92 Å². The molecule has 3 aromatic carbocycles. The van der Waals surface area contributed by atoms with Crippen LogP contribution in [0.5, 0.6) is 0 Å². The molecule has 0 saturated heterocycles. The number of rotatable bonds is 5. The Hall–Kier alpha value is -3.99. The van der Waals surface area contributed by atoms with E-state index in [0.717, 1.165) is 33.6 Å². The third-order valence-electron chi connectivity index (χ3n) is 6.58. The van der Waals surface area contributed by atoms with Crippen molar-refractivity contribution in [1.82, 2.24) is 9.78 Å². The van der Waals surface area contributed by atoms with Crippen LogP contribution in [-0.4, -0.2) is 21.5 Å². The summed E-state index contributed by atoms with van der Waals surface area (Å²) in [7, 11) is 0. The fourth-order valence-electron chi connectivity index (χ4n) is 4.87. The van der Waals surface area contributed by atoms with Crippen molar-refractivity contribution < 1.29 is 9.59 Å². The number of nitrogens with one attached hydrogen (secondary N) is 1. The lowest BCUT2D eigenvalue weighted by molar-refractivity contribution is -0.120. The summed E-state index contributed by atoms with van der Waals surface area (Å²) in [5.41, 5.74) is 6.51. The first-order valence-electron chi connectivity index (χ1n) is 11.5. The third-order valence-corrected chi connectivity index (χ3v) is 6.58. The van der Waals surface area contributed by atoms with Gasteiger partial charge in [0.25, 0.3) is 0 Å². The highest BCUT2D eigenvalue weighted by Crippen LogP contribution is 2.44. The number of amides is 1. The van der Waals surface area contributed by atoms with Crippen LogP contribution in [0.15, 0.2) is 78.9 Å². The van der Waals surface area contributed by atoms with Gasteiger partial charge in [-0.05, 0) is 44.5 Å². The minimum absolute atomic E-state index is 0.0301. The number of ketones is 1. The third kappa shape index (κ3) is 3.94. The van der Waals surface area contributed by atoms with Crippen molar-refractivity contribution in [2.45, 2.75) is 33.1 Å². The van der Waals surface area contributed by atoms with Gasteiger partial charge in [0.2, 0.25) is 5.91 Å². The molecule has 0 aliphatic carbocycles. The lowest BCUT2D eigenvalue weighted by atomic mass is 9.75. The zero-order valence-electron chi connectivity index (χ0n) is 19.6. The van der Waals surface area contributed by atoms with Crippen molar-refractivity contribution in [3.05, 3.63) is 112 Å². The smallest absolute Gasteiger partial charge is 0.230 e. The number of para-hydroxylation sites is 1. The number of aryl methyl sites for hydroxylation is 3. The van der Waals surface area contributed by atoms with Crippen LogP contribution in [-0.2, 0) is 4.79 Å². The largest absolute Gasteiger partial charge is 0.310 e. The average molecular weight is 450 g/mol. The summed E-state index contributed by atoms with van der Waals surface area (Å²) in [5, 5.41) is 7.88. The van der Waals surface area contributed by atoms with Gasteiger partial charge in [-0.2, -0.15) is 5.10 Å². The highest BCUT2D eigenvalue weighted by molar-refractivity contribution is 6.03. The minimum atomic E-state index is -0.532. The van der Waals surface area contributed by atoms with E-state index in [-0.39, 0.29) is 24.0 Å². The van der Waals surface area contributed by atoms with Crippen molar-refractivity contribution in [2.75, 3.05) is 5.32 Å². The van der Waals surface area contributed by atoms with Gasteiger partial charge in [-0.15, -0.1) is 0 Å². The van der Waals surface area contributed by atoms with E-state index in [9.17, 15) is 9.59 Å². The maximum absolute atomic E-state index is 13.5. The fourth-order valence-corrected chi connectivity index (χ4v) is 4.87. The maximum atomic E-state index is 13.5. The summed E-state index contributed by atoms with van der Waals surface area (Å²) in [4.78, 5) is 26.8. The highest BCUT2D eigenvalue weighted by Gasteiger charge is 2.41. The number of hydrogen-bond acceptors (Lipinski definition) is 3. The monoisotopic (exact) mass is 449 g/mol. The zero-order chi connectivity index (χ0) is 23.8. The lowest BCUT2D eigenvalue weighted by Crippen LogP contribution is -2.36. The summed E-state index contributed by atoms with van der Waals surface area (Å²) in [6.07, 6.45) is 0.128. The Kier molecular flexibility index (Phi) is 5.62. The van der Waals surface area contributed by atoms with Crippen molar-refractivity contribution >= 4 is 17.5 Å². The van der Waals surface area contributed by atoms with E-state index in [2.05, 4.69) is 29.6 Å². The second-order valence-corrected chi connectivity index (χ2v) is 9.08. The van der Waals surface area contributed by atoms with Gasteiger partial charge in [-0.1, -0.05) is 71.8 Å². The molecule has 0 spiro atoms. The van der Waals surface area contributed by atoms with Crippen molar-refractivity contribution in [3.8, 4) is 5.69 Å². The molecule has 0 bridgehead atoms. The molecule has 34 heavy (non-hydrogen) atoms. The van der Waals surface area contributed by atoms with Crippen LogP contribution < -0.4 is 5.32 Å². The molecular formula is C29H27N3O2. The van der Waals surface area contributed by atoms with Crippen molar-refractivity contribution in [3.63, 3.8) is 0 Å². The second kappa shape index (κ2) is 8.75. The standard InChI is InChI=1S/C29H27N3O2/c1-18-12-14-21(15-13-18)27-24(17-25(33)22-9-7-8-19(2)16-22)29(34)30-28-26(27)20(3)31-32(28)23-10-5-4-6-11-23/h4-16,24,27H,17H2,1-3H3,(H,30,34)/t24-,27+/m1/s1. The molecule has 5 nitrogen and oxygen atoms in total. The molecule has 1 N–H and O–H groups in total. The van der Waals surface area contributed by atoms with Crippen molar-refractivity contribution in [2.24, 2.45) is 5.92 Å². The maximum Gasteiger partial charge on any atom is 0.230 e. The first-order chi connectivity index (χ1) is 16.4. The number of hydrogen-bond donors (Lipinski definition) is 1. The van der Waals surface area contributed by atoms with Crippen LogP contribution in [0.2, 0.25) is 0 Å². The molecule has 5 rings (SSSR count). The summed E-state index contributed by atoms with van der Waals surface area (Å²) in [6, 6.07) is 25.6. The zero-order valence-corrected chi connectivity index (χ0v) is 19.6. The first kappa shape index (κ1) is 21.8. The van der Waals surface area contributed by atoms with Crippen LogP contribution in [0.25, 0.3) is 5.69 Å². The molecule has 1 aliphatic rings. The number of carbonyl (C=O) groups excluding carboxylic acids is 2. The Bertz CT molecular complexity index is 1370. The van der Waals surface area contributed by atoms with Gasteiger partial charge in [-0.3, -0.25) is 9.59 Å². The van der Waals surface area contributed by atoms with E-state index in [1.807, 2.05) is 75.4 Å². The SMILES string of the molecule is Cc1ccc([C@@H]2c3c(C)nn(-c4ccccc4)c3NC(=O)[C@@H]2CC(=O)c2cccc(C)c2)cc1. The molecule has 4 aromatic rings. The number of fused-ring (bicyclic) bond motifs is 1. The van der Waals surface area contributed by atoms with Gasteiger partial charge in [0.1, 0.15) is 5.82 Å². The summed E-state index contributed by atoms with van der Waals surface area (Å²) in [6.45, 7) is 5.98. The lowest BCUT2D eigenvalue weighted by Gasteiger charge is -2.32. The van der Waals surface area contributed by atoms with Gasteiger partial charge >= 0.3 is 0 Å². The van der Waals surface area contributed by atoms with Crippen LogP contribution in [0.3, 0.4) is 0 Å². The Morgan fingerprint density at radius 3 is 2.35 bits per heavy atom. The predicted molar refractivity (Wildman–Crippen MR) is 134 cm³/mol. The Labute approximate surface area is 199 Å². The second-order valence-electron chi connectivity index (χ2n) is 9.08. The van der Waals surface area contributed by atoms with Crippen LogP contribution in [0.4, 0.5) is 5.82 Å². The van der Waals surface area contributed by atoms with Gasteiger partial charge in [0.05, 0.1) is 17.3 Å². The van der Waals surface area contributed by atoms with Crippen LogP contribution in [0, 0.1) is 26.7 Å². The highest BCUT2D eigenvalue weighted by atomic mass is 16.2. The molecular weight excluding hydrogens is 422 g/mol. The van der Waals surface area contributed by atoms with Gasteiger partial charge < -0.3 is 5.32 Å². The average Bonchev–Trinajstić information content (AvgIpc) is 3.16. The molecule has 1 aromatic heterocycles. The van der Waals surface area contributed by atoms with Gasteiger partial charge in [0, 0.05) is 23.5 Å². The molecule has 0 fully saturated rings. The number of benzene rings is 3. The Morgan fingerprint density at radius 2 is 1.65 bits per heavy atom. The Balaban J connectivity index is 1.62. The van der Waals surface area contributed by atoms with Gasteiger partial charge in [0.15, 0.2) is 5.78 Å². The van der Waals surface area contributed by atoms with E-state index in [4.69, 9.17) is 5.10 Å². The van der Waals surface area contributed by atoms with Crippen LogP contribution >= 0.6 is 0 Å². The molecule has 0 radical (unpaired) electrons. The van der Waals surface area contributed by atoms with E-state index >= 15 is 0 Å². The molecule has 2 atom stereocenters. The first-order valence-corrected chi connectivity index (χ1v) is 11.5. The topological polar surface area (TPSA) is 64.0 Å². The van der Waals surface area contributed by atoms with E-state index in [1.54, 1.807) is 4.68 Å². The van der Waals surface area contributed by atoms with Gasteiger partial charge in [-0.25, -0.2) is 4.68 Å². The quantitative estimate of drug-likeness (QED) is 0.393. The molecule has 5 heteroatoms. The normalized spacial score (nSPS) is 17.2. The van der Waals surface area contributed by atoms with E-state index in [1.165, 1.54) is 0 Å². The van der Waals surface area contributed by atoms with Crippen molar-refractivity contribution in [1.29, 1.82) is 0 Å². The summed E-state index contributed by atoms with van der Waals surface area (Å²) >= 11 is 0. The molecule has 1 aliphatic heterocycles. The minimum Gasteiger partial charge on any atom is -0.310 e. The number of Topliss-reactive ketones (excluding diaryl/α,β-unsaturated/α-hetero) is 1. The number of nitrogens with zero attached hydrogens (tertiary/aromatic N) is 2. The summed E-state index contributed by atoms with van der Waals surface area (Å²) in [5.74, 6) is -0.307. The molecule has 0 saturated carbocycles. The van der Waals surface area contributed by atoms with Crippen LogP contribution in [0.1, 0.15) is 50.6 Å². The molecule has 2 heterocycles. The van der Waals surface area contributed by atoms with E-state index in [0.29, 0.717) is 11.4 Å².